The lowest BCUT2D eigenvalue weighted by Gasteiger charge is -2.29. The van der Waals surface area contributed by atoms with Crippen LogP contribution in [0, 0.1) is 12.8 Å². The second kappa shape index (κ2) is 6.20. The topological polar surface area (TPSA) is 40.7 Å². The molecule has 0 amide bonds. The molecule has 0 atom stereocenters. The van der Waals surface area contributed by atoms with Gasteiger partial charge in [-0.25, -0.2) is 0 Å². The van der Waals surface area contributed by atoms with Crippen molar-refractivity contribution in [2.24, 2.45) is 5.92 Å². The summed E-state index contributed by atoms with van der Waals surface area (Å²) in [5, 5.41) is 10.7. The van der Waals surface area contributed by atoms with E-state index in [1.807, 2.05) is 6.20 Å². The van der Waals surface area contributed by atoms with Crippen LogP contribution < -0.4 is 5.32 Å². The molecule has 2 rings (SSSR count). The van der Waals surface area contributed by atoms with E-state index in [2.05, 4.69) is 29.4 Å². The summed E-state index contributed by atoms with van der Waals surface area (Å²) in [7, 11) is 0. The Morgan fingerprint density at radius 1 is 1.35 bits per heavy atom. The van der Waals surface area contributed by atoms with E-state index in [1.165, 1.54) is 49.8 Å². The van der Waals surface area contributed by atoms with Crippen LogP contribution in [0.3, 0.4) is 0 Å². The molecule has 1 aromatic heterocycles. The van der Waals surface area contributed by atoms with Gasteiger partial charge in [0, 0.05) is 23.8 Å². The lowest BCUT2D eigenvalue weighted by molar-refractivity contribution is 0.277. The van der Waals surface area contributed by atoms with Gasteiger partial charge in [0.2, 0.25) is 0 Å². The maximum absolute atomic E-state index is 4.06. The normalized spacial score (nSPS) is 25.1. The first-order chi connectivity index (χ1) is 8.29. The molecule has 3 nitrogen and oxygen atoms in total. The molecule has 2 N–H and O–H groups in total. The number of aryl methyl sites for hydroxylation is 1. The Morgan fingerprint density at radius 3 is 2.71 bits per heavy atom. The second-order valence-corrected chi connectivity index (χ2v) is 5.41. The lowest BCUT2D eigenvalue weighted by atomic mass is 9.83. The molecular formula is C14H25N3. The Balaban J connectivity index is 1.70. The Morgan fingerprint density at radius 2 is 2.12 bits per heavy atom. The molecule has 1 heterocycles. The molecule has 0 aliphatic heterocycles. The van der Waals surface area contributed by atoms with Crippen molar-refractivity contribution in [3.05, 3.63) is 17.5 Å². The molecule has 1 aliphatic rings. The van der Waals surface area contributed by atoms with E-state index in [1.54, 1.807) is 0 Å². The molecule has 96 valence electrons. The lowest BCUT2D eigenvalue weighted by Crippen LogP contribution is -2.32. The van der Waals surface area contributed by atoms with Crippen LogP contribution in [0.15, 0.2) is 6.20 Å². The Hall–Kier alpha value is -0.830. The van der Waals surface area contributed by atoms with E-state index < -0.39 is 0 Å². The van der Waals surface area contributed by atoms with Crippen molar-refractivity contribution in [1.29, 1.82) is 0 Å². The van der Waals surface area contributed by atoms with Gasteiger partial charge >= 0.3 is 0 Å². The monoisotopic (exact) mass is 235 g/mol. The van der Waals surface area contributed by atoms with E-state index >= 15 is 0 Å². The largest absolute Gasteiger partial charge is 0.310 e. The first-order valence-corrected chi connectivity index (χ1v) is 7.01. The molecule has 0 spiro atoms. The first-order valence-electron chi connectivity index (χ1n) is 7.01. The van der Waals surface area contributed by atoms with Crippen molar-refractivity contribution < 1.29 is 0 Å². The first kappa shape index (κ1) is 12.6. The van der Waals surface area contributed by atoms with Crippen LogP contribution in [0.5, 0.6) is 0 Å². The summed E-state index contributed by atoms with van der Waals surface area (Å²) in [4.78, 5) is 0. The van der Waals surface area contributed by atoms with Crippen LogP contribution in [-0.2, 0) is 6.54 Å². The standard InChI is InChI=1S/C14H25N3/c1-3-4-12-5-7-14(8-6-12)15-9-13-10-16-17-11(13)2/h10,12,14-15H,3-9H2,1-2H3,(H,16,17). The minimum Gasteiger partial charge on any atom is -0.310 e. The maximum atomic E-state index is 4.06. The van der Waals surface area contributed by atoms with Gasteiger partial charge in [0.25, 0.3) is 0 Å². The van der Waals surface area contributed by atoms with Crippen molar-refractivity contribution >= 4 is 0 Å². The van der Waals surface area contributed by atoms with Crippen LogP contribution in [0.25, 0.3) is 0 Å². The van der Waals surface area contributed by atoms with E-state index in [9.17, 15) is 0 Å². The third-order valence-electron chi connectivity index (χ3n) is 4.06. The van der Waals surface area contributed by atoms with Gasteiger partial charge in [-0.1, -0.05) is 19.8 Å². The molecule has 0 aromatic carbocycles. The summed E-state index contributed by atoms with van der Waals surface area (Å²) in [6.45, 7) is 5.35. The fourth-order valence-corrected chi connectivity index (χ4v) is 2.87. The summed E-state index contributed by atoms with van der Waals surface area (Å²) >= 11 is 0. The highest BCUT2D eigenvalue weighted by atomic mass is 15.1. The number of H-pyrrole nitrogens is 1. The van der Waals surface area contributed by atoms with Gasteiger partial charge in [-0.2, -0.15) is 5.10 Å². The molecule has 1 aliphatic carbocycles. The van der Waals surface area contributed by atoms with Gasteiger partial charge in [-0.05, 0) is 38.5 Å². The maximum Gasteiger partial charge on any atom is 0.0535 e. The van der Waals surface area contributed by atoms with Crippen LogP contribution in [-0.4, -0.2) is 16.2 Å². The number of hydrogen-bond acceptors (Lipinski definition) is 2. The van der Waals surface area contributed by atoms with E-state index in [-0.39, 0.29) is 0 Å². The summed E-state index contributed by atoms with van der Waals surface area (Å²) in [5.74, 6) is 0.994. The number of aromatic nitrogens is 2. The van der Waals surface area contributed by atoms with Crippen LogP contribution >= 0.6 is 0 Å². The minimum absolute atomic E-state index is 0.720. The zero-order valence-corrected chi connectivity index (χ0v) is 11.1. The van der Waals surface area contributed by atoms with E-state index in [4.69, 9.17) is 0 Å². The van der Waals surface area contributed by atoms with Crippen LogP contribution in [0.1, 0.15) is 56.7 Å². The van der Waals surface area contributed by atoms with Crippen LogP contribution in [0.4, 0.5) is 0 Å². The quantitative estimate of drug-likeness (QED) is 0.823. The van der Waals surface area contributed by atoms with Crippen molar-refractivity contribution in [2.75, 3.05) is 0 Å². The summed E-state index contributed by atoms with van der Waals surface area (Å²) in [6.07, 6.45) is 10.2. The zero-order chi connectivity index (χ0) is 12.1. The van der Waals surface area contributed by atoms with Gasteiger partial charge in [-0.15, -0.1) is 0 Å². The van der Waals surface area contributed by atoms with Crippen molar-refractivity contribution in [1.82, 2.24) is 15.5 Å². The summed E-state index contributed by atoms with van der Waals surface area (Å²) in [5.41, 5.74) is 2.50. The average molecular weight is 235 g/mol. The summed E-state index contributed by atoms with van der Waals surface area (Å²) in [6, 6.07) is 0.720. The fraction of sp³-hybridized carbons (Fsp3) is 0.786. The highest BCUT2D eigenvalue weighted by Gasteiger charge is 2.20. The second-order valence-electron chi connectivity index (χ2n) is 5.41. The fourth-order valence-electron chi connectivity index (χ4n) is 2.87. The molecular weight excluding hydrogens is 210 g/mol. The third-order valence-corrected chi connectivity index (χ3v) is 4.06. The molecule has 1 fully saturated rings. The Kier molecular flexibility index (Phi) is 4.60. The van der Waals surface area contributed by atoms with Gasteiger partial charge in [0.05, 0.1) is 6.20 Å². The van der Waals surface area contributed by atoms with Gasteiger partial charge < -0.3 is 5.32 Å². The number of rotatable bonds is 5. The molecule has 0 radical (unpaired) electrons. The highest BCUT2D eigenvalue weighted by Crippen LogP contribution is 2.27. The molecule has 1 aromatic rings. The molecule has 3 heteroatoms. The van der Waals surface area contributed by atoms with Gasteiger partial charge in [0.1, 0.15) is 0 Å². The SMILES string of the molecule is CCCC1CCC(NCc2cn[nH]c2C)CC1. The predicted molar refractivity (Wildman–Crippen MR) is 70.8 cm³/mol. The number of nitrogens with one attached hydrogen (secondary N) is 2. The highest BCUT2D eigenvalue weighted by molar-refractivity contribution is 5.13. The smallest absolute Gasteiger partial charge is 0.0535 e. The Labute approximate surface area is 104 Å². The van der Waals surface area contributed by atoms with Crippen molar-refractivity contribution in [3.63, 3.8) is 0 Å². The number of nitrogens with zero attached hydrogens (tertiary/aromatic N) is 1. The van der Waals surface area contributed by atoms with Gasteiger partial charge in [-0.3, -0.25) is 5.10 Å². The molecule has 0 unspecified atom stereocenters. The van der Waals surface area contributed by atoms with E-state index in [0.717, 1.165) is 18.5 Å². The number of hydrogen-bond donors (Lipinski definition) is 2. The van der Waals surface area contributed by atoms with Gasteiger partial charge in [0.15, 0.2) is 0 Å². The molecule has 1 saturated carbocycles. The Bertz CT molecular complexity index is 324. The van der Waals surface area contributed by atoms with Crippen LogP contribution in [0.2, 0.25) is 0 Å². The van der Waals surface area contributed by atoms with Crippen molar-refractivity contribution in [3.8, 4) is 0 Å². The predicted octanol–water partition coefficient (Wildman–Crippen LogP) is 3.17. The zero-order valence-electron chi connectivity index (χ0n) is 11.1. The minimum atomic E-state index is 0.720. The summed E-state index contributed by atoms with van der Waals surface area (Å²) < 4.78 is 0. The molecule has 0 saturated heterocycles. The third kappa shape index (κ3) is 3.56. The van der Waals surface area contributed by atoms with Crippen molar-refractivity contribution in [2.45, 2.75) is 65.0 Å². The number of aromatic amines is 1. The molecule has 17 heavy (non-hydrogen) atoms. The van der Waals surface area contributed by atoms with E-state index in [0.29, 0.717) is 0 Å². The average Bonchev–Trinajstić information content (AvgIpc) is 2.75. The molecule has 0 bridgehead atoms.